The van der Waals surface area contributed by atoms with E-state index >= 15 is 0 Å². The first kappa shape index (κ1) is 15.7. The van der Waals surface area contributed by atoms with Crippen molar-refractivity contribution >= 4 is 5.91 Å². The molecule has 0 aliphatic rings. The average molecular weight is 262 g/mol. The Morgan fingerprint density at radius 1 is 1.16 bits per heavy atom. The molecule has 0 bridgehead atoms. The van der Waals surface area contributed by atoms with E-state index in [-0.39, 0.29) is 16.7 Å². The summed E-state index contributed by atoms with van der Waals surface area (Å²) in [5.41, 5.74) is 6.83. The molecule has 0 spiro atoms. The van der Waals surface area contributed by atoms with Gasteiger partial charge in [0, 0.05) is 12.0 Å². The average Bonchev–Trinajstić information content (AvgIpc) is 2.35. The van der Waals surface area contributed by atoms with Crippen molar-refractivity contribution in [2.24, 2.45) is 11.1 Å². The van der Waals surface area contributed by atoms with Gasteiger partial charge in [-0.15, -0.1) is 0 Å². The van der Waals surface area contributed by atoms with Crippen LogP contribution in [0.3, 0.4) is 0 Å². The topological polar surface area (TPSA) is 55.1 Å². The van der Waals surface area contributed by atoms with Gasteiger partial charge in [-0.2, -0.15) is 0 Å². The van der Waals surface area contributed by atoms with Crippen LogP contribution >= 0.6 is 0 Å². The largest absolute Gasteiger partial charge is 0.354 e. The van der Waals surface area contributed by atoms with Crippen molar-refractivity contribution in [3.05, 3.63) is 35.9 Å². The van der Waals surface area contributed by atoms with Crippen LogP contribution in [0.2, 0.25) is 0 Å². The minimum atomic E-state index is -0.487. The molecule has 0 aliphatic heterocycles. The maximum Gasteiger partial charge on any atom is 0.237 e. The molecule has 0 unspecified atom stereocenters. The van der Waals surface area contributed by atoms with Crippen LogP contribution in [-0.2, 0) is 10.2 Å². The molecule has 106 valence electrons. The predicted molar refractivity (Wildman–Crippen MR) is 79.9 cm³/mol. The number of benzene rings is 1. The molecule has 0 radical (unpaired) electrons. The molecule has 0 saturated heterocycles. The first-order valence-corrected chi connectivity index (χ1v) is 6.73. The third-order valence-corrected chi connectivity index (χ3v) is 3.48. The van der Waals surface area contributed by atoms with Crippen molar-refractivity contribution in [1.29, 1.82) is 0 Å². The van der Waals surface area contributed by atoms with Crippen LogP contribution in [0.4, 0.5) is 0 Å². The van der Waals surface area contributed by atoms with E-state index in [1.807, 2.05) is 39.0 Å². The Hall–Kier alpha value is -1.35. The van der Waals surface area contributed by atoms with Crippen molar-refractivity contribution in [2.75, 3.05) is 6.54 Å². The molecule has 1 atom stereocenters. The molecule has 0 aromatic heterocycles. The number of nitrogens with one attached hydrogen (secondary N) is 1. The Morgan fingerprint density at radius 3 is 2.16 bits per heavy atom. The molecule has 3 nitrogen and oxygen atoms in total. The van der Waals surface area contributed by atoms with E-state index in [2.05, 4.69) is 31.3 Å². The van der Waals surface area contributed by atoms with Crippen LogP contribution in [0.5, 0.6) is 0 Å². The summed E-state index contributed by atoms with van der Waals surface area (Å²) in [6.45, 7) is 10.7. The maximum absolute atomic E-state index is 12.0. The monoisotopic (exact) mass is 262 g/mol. The van der Waals surface area contributed by atoms with Gasteiger partial charge in [0.25, 0.3) is 0 Å². The second kappa shape index (κ2) is 5.74. The number of carbonyl (C=O) groups is 1. The van der Waals surface area contributed by atoms with Gasteiger partial charge in [-0.25, -0.2) is 0 Å². The summed E-state index contributed by atoms with van der Waals surface area (Å²) >= 11 is 0. The molecule has 0 heterocycles. The van der Waals surface area contributed by atoms with Crippen molar-refractivity contribution in [1.82, 2.24) is 5.32 Å². The Morgan fingerprint density at radius 2 is 1.68 bits per heavy atom. The summed E-state index contributed by atoms with van der Waals surface area (Å²) < 4.78 is 0. The lowest BCUT2D eigenvalue weighted by Gasteiger charge is -2.29. The van der Waals surface area contributed by atoms with E-state index < -0.39 is 6.04 Å². The van der Waals surface area contributed by atoms with Crippen LogP contribution in [0.25, 0.3) is 0 Å². The zero-order chi connectivity index (χ0) is 14.7. The smallest absolute Gasteiger partial charge is 0.237 e. The highest BCUT2D eigenvalue weighted by atomic mass is 16.2. The number of hydrogen-bond acceptors (Lipinski definition) is 2. The fourth-order valence-corrected chi connectivity index (χ4v) is 1.80. The zero-order valence-corrected chi connectivity index (χ0v) is 12.7. The van der Waals surface area contributed by atoms with Gasteiger partial charge >= 0.3 is 0 Å². The van der Waals surface area contributed by atoms with E-state index in [0.717, 1.165) is 0 Å². The van der Waals surface area contributed by atoms with E-state index in [1.165, 1.54) is 5.56 Å². The molecule has 0 aliphatic carbocycles. The predicted octanol–water partition coefficient (Wildman–Crippen LogP) is 2.45. The normalized spacial score (nSPS) is 14.0. The van der Waals surface area contributed by atoms with Crippen molar-refractivity contribution < 1.29 is 4.79 Å². The lowest BCUT2D eigenvalue weighted by Crippen LogP contribution is -2.50. The SMILES string of the molecule is CC(C)(CNC(=O)[C@@H](N)C(C)(C)C)c1ccccc1. The highest BCUT2D eigenvalue weighted by Crippen LogP contribution is 2.22. The molecule has 1 aromatic carbocycles. The molecule has 3 N–H and O–H groups in total. The second-order valence-corrected chi connectivity index (χ2v) is 6.81. The van der Waals surface area contributed by atoms with Gasteiger partial charge in [0.2, 0.25) is 5.91 Å². The Bertz CT molecular complexity index is 418. The summed E-state index contributed by atoms with van der Waals surface area (Å²) in [7, 11) is 0. The Kier molecular flexibility index (Phi) is 4.75. The fraction of sp³-hybridized carbons (Fsp3) is 0.562. The van der Waals surface area contributed by atoms with Gasteiger partial charge in [0.1, 0.15) is 0 Å². The van der Waals surface area contributed by atoms with E-state index in [9.17, 15) is 4.79 Å². The number of carbonyl (C=O) groups excluding carboxylic acids is 1. The van der Waals surface area contributed by atoms with Gasteiger partial charge in [-0.05, 0) is 11.0 Å². The molecule has 1 aromatic rings. The highest BCUT2D eigenvalue weighted by Gasteiger charge is 2.29. The molecule has 19 heavy (non-hydrogen) atoms. The quantitative estimate of drug-likeness (QED) is 0.875. The molecule has 0 fully saturated rings. The Balaban J connectivity index is 2.64. The van der Waals surface area contributed by atoms with Crippen LogP contribution < -0.4 is 11.1 Å². The highest BCUT2D eigenvalue weighted by molar-refractivity contribution is 5.82. The van der Waals surface area contributed by atoms with Crippen LogP contribution in [-0.4, -0.2) is 18.5 Å². The molecule has 3 heteroatoms. The van der Waals surface area contributed by atoms with Crippen LogP contribution in [0.15, 0.2) is 30.3 Å². The van der Waals surface area contributed by atoms with Crippen molar-refractivity contribution in [3.63, 3.8) is 0 Å². The number of nitrogens with two attached hydrogens (primary N) is 1. The number of amides is 1. The molecule has 0 saturated carbocycles. The molecule has 1 rings (SSSR count). The van der Waals surface area contributed by atoms with Gasteiger partial charge in [-0.1, -0.05) is 65.0 Å². The third-order valence-electron chi connectivity index (χ3n) is 3.48. The van der Waals surface area contributed by atoms with E-state index in [4.69, 9.17) is 5.73 Å². The summed E-state index contributed by atoms with van der Waals surface area (Å²) in [6.07, 6.45) is 0. The van der Waals surface area contributed by atoms with E-state index in [1.54, 1.807) is 0 Å². The van der Waals surface area contributed by atoms with Gasteiger partial charge in [0.15, 0.2) is 0 Å². The maximum atomic E-state index is 12.0. The molecular formula is C16H26N2O. The second-order valence-electron chi connectivity index (χ2n) is 6.81. The molecular weight excluding hydrogens is 236 g/mol. The van der Waals surface area contributed by atoms with Crippen molar-refractivity contribution in [2.45, 2.75) is 46.1 Å². The van der Waals surface area contributed by atoms with Gasteiger partial charge < -0.3 is 11.1 Å². The minimum Gasteiger partial charge on any atom is -0.354 e. The lowest BCUT2D eigenvalue weighted by molar-refractivity contribution is -0.124. The van der Waals surface area contributed by atoms with Gasteiger partial charge in [-0.3, -0.25) is 4.79 Å². The van der Waals surface area contributed by atoms with Crippen LogP contribution in [0, 0.1) is 5.41 Å². The van der Waals surface area contributed by atoms with Crippen molar-refractivity contribution in [3.8, 4) is 0 Å². The zero-order valence-electron chi connectivity index (χ0n) is 12.7. The summed E-state index contributed by atoms with van der Waals surface area (Å²) in [6, 6.07) is 9.69. The first-order chi connectivity index (χ1) is 8.64. The molecule has 1 amide bonds. The minimum absolute atomic E-state index is 0.0866. The van der Waals surface area contributed by atoms with E-state index in [0.29, 0.717) is 6.54 Å². The van der Waals surface area contributed by atoms with Gasteiger partial charge in [0.05, 0.1) is 6.04 Å². The standard InChI is InChI=1S/C16H26N2O/c1-15(2,3)13(17)14(19)18-11-16(4,5)12-9-7-6-8-10-12/h6-10,13H,11,17H2,1-5H3,(H,18,19)/t13-/m1/s1. The number of rotatable bonds is 4. The summed E-state index contributed by atoms with van der Waals surface area (Å²) in [4.78, 5) is 12.0. The Labute approximate surface area is 116 Å². The fourth-order valence-electron chi connectivity index (χ4n) is 1.80. The third kappa shape index (κ3) is 4.35. The lowest BCUT2D eigenvalue weighted by atomic mass is 9.83. The summed E-state index contributed by atoms with van der Waals surface area (Å²) in [5, 5.41) is 2.96. The van der Waals surface area contributed by atoms with Crippen LogP contribution in [0.1, 0.15) is 40.2 Å². The first-order valence-electron chi connectivity index (χ1n) is 6.73. The number of hydrogen-bond donors (Lipinski definition) is 2. The summed E-state index contributed by atoms with van der Waals surface area (Å²) in [5.74, 6) is -0.0866.